The van der Waals surface area contributed by atoms with E-state index >= 15 is 0 Å². The smallest absolute Gasteiger partial charge is 0.207 e. The molecule has 0 aliphatic heterocycles. The first-order valence-electron chi connectivity index (χ1n) is 5.56. The summed E-state index contributed by atoms with van der Waals surface area (Å²) in [6, 6.07) is 7.33. The maximum Gasteiger partial charge on any atom is 0.207 e. The van der Waals surface area contributed by atoms with Gasteiger partial charge in [-0.1, -0.05) is 35.5 Å². The Balaban J connectivity index is 2.25. The SMILES string of the molecule is CSc1ncc2c(O)n(-c3ccccc3Cl)cc2n1. The van der Waals surface area contributed by atoms with Crippen LogP contribution in [0, 0.1) is 0 Å². The Kier molecular flexibility index (Phi) is 3.08. The molecule has 2 aromatic heterocycles. The molecule has 0 aliphatic carbocycles. The third-order valence-electron chi connectivity index (χ3n) is 2.81. The first-order valence-corrected chi connectivity index (χ1v) is 7.17. The van der Waals surface area contributed by atoms with E-state index in [4.69, 9.17) is 11.6 Å². The minimum Gasteiger partial charge on any atom is -0.494 e. The van der Waals surface area contributed by atoms with Gasteiger partial charge in [0.25, 0.3) is 0 Å². The van der Waals surface area contributed by atoms with E-state index in [1.165, 1.54) is 11.8 Å². The molecule has 0 saturated carbocycles. The fourth-order valence-corrected chi connectivity index (χ4v) is 2.47. The highest BCUT2D eigenvalue weighted by Crippen LogP contribution is 2.32. The van der Waals surface area contributed by atoms with Crippen molar-refractivity contribution in [3.8, 4) is 11.6 Å². The summed E-state index contributed by atoms with van der Waals surface area (Å²) >= 11 is 7.60. The van der Waals surface area contributed by atoms with Crippen molar-refractivity contribution >= 4 is 34.3 Å². The molecule has 0 fully saturated rings. The second kappa shape index (κ2) is 4.75. The number of halogens is 1. The molecular formula is C13H10ClN3OS. The zero-order valence-corrected chi connectivity index (χ0v) is 11.6. The van der Waals surface area contributed by atoms with Gasteiger partial charge in [0.15, 0.2) is 5.16 Å². The summed E-state index contributed by atoms with van der Waals surface area (Å²) in [4.78, 5) is 8.52. The summed E-state index contributed by atoms with van der Waals surface area (Å²) < 4.78 is 1.62. The number of fused-ring (bicyclic) bond motifs is 1. The van der Waals surface area contributed by atoms with Gasteiger partial charge in [-0.3, -0.25) is 4.57 Å². The standard InChI is InChI=1S/C13H10ClN3OS/c1-19-13-15-6-8-10(16-13)7-17(12(8)18)11-5-3-2-4-9(11)14/h2-7,18H,1H3. The highest BCUT2D eigenvalue weighted by Gasteiger charge is 2.13. The van der Waals surface area contributed by atoms with Crippen LogP contribution in [0.2, 0.25) is 5.02 Å². The van der Waals surface area contributed by atoms with Crippen LogP contribution in [-0.4, -0.2) is 25.9 Å². The van der Waals surface area contributed by atoms with Crippen molar-refractivity contribution < 1.29 is 5.11 Å². The lowest BCUT2D eigenvalue weighted by molar-refractivity contribution is 0.448. The molecule has 19 heavy (non-hydrogen) atoms. The molecule has 0 aliphatic rings. The van der Waals surface area contributed by atoms with Crippen LogP contribution in [0.1, 0.15) is 0 Å². The van der Waals surface area contributed by atoms with Crippen LogP contribution in [0.3, 0.4) is 0 Å². The van der Waals surface area contributed by atoms with Crippen molar-refractivity contribution in [3.05, 3.63) is 41.7 Å². The van der Waals surface area contributed by atoms with Crippen LogP contribution in [0.25, 0.3) is 16.6 Å². The first kappa shape index (κ1) is 12.3. The summed E-state index contributed by atoms with van der Waals surface area (Å²) in [5.41, 5.74) is 1.40. The van der Waals surface area contributed by atoms with Gasteiger partial charge in [-0.05, 0) is 18.4 Å². The Bertz CT molecular complexity index is 757. The van der Waals surface area contributed by atoms with Gasteiger partial charge in [0.05, 0.1) is 21.6 Å². The molecule has 3 rings (SSSR count). The van der Waals surface area contributed by atoms with Gasteiger partial charge in [0.1, 0.15) is 0 Å². The minimum atomic E-state index is 0.0933. The molecule has 0 spiro atoms. The lowest BCUT2D eigenvalue weighted by atomic mass is 10.3. The van der Waals surface area contributed by atoms with Gasteiger partial charge < -0.3 is 5.11 Å². The molecule has 96 valence electrons. The second-order valence-corrected chi connectivity index (χ2v) is 5.11. The van der Waals surface area contributed by atoms with Crippen molar-refractivity contribution in [1.29, 1.82) is 0 Å². The quantitative estimate of drug-likeness (QED) is 0.580. The molecule has 0 amide bonds. The number of para-hydroxylation sites is 1. The van der Waals surface area contributed by atoms with Gasteiger partial charge in [-0.2, -0.15) is 0 Å². The number of aromatic nitrogens is 3. The fourth-order valence-electron chi connectivity index (χ4n) is 1.89. The molecule has 1 aromatic carbocycles. The average molecular weight is 292 g/mol. The predicted octanol–water partition coefficient (Wildman–Crippen LogP) is 3.50. The van der Waals surface area contributed by atoms with Gasteiger partial charge in [0, 0.05) is 12.4 Å². The highest BCUT2D eigenvalue weighted by atomic mass is 35.5. The molecule has 2 heterocycles. The Morgan fingerprint density at radius 3 is 2.84 bits per heavy atom. The van der Waals surface area contributed by atoms with Crippen LogP contribution < -0.4 is 0 Å². The molecule has 3 aromatic rings. The summed E-state index contributed by atoms with van der Waals surface area (Å²) in [6.45, 7) is 0. The van der Waals surface area contributed by atoms with E-state index in [1.54, 1.807) is 23.0 Å². The van der Waals surface area contributed by atoms with Gasteiger partial charge in [-0.15, -0.1) is 0 Å². The van der Waals surface area contributed by atoms with E-state index in [0.717, 1.165) is 0 Å². The monoisotopic (exact) mass is 291 g/mol. The third kappa shape index (κ3) is 2.05. The zero-order chi connectivity index (χ0) is 13.4. The van der Waals surface area contributed by atoms with Gasteiger partial charge in [0.2, 0.25) is 5.88 Å². The Morgan fingerprint density at radius 1 is 1.32 bits per heavy atom. The summed E-state index contributed by atoms with van der Waals surface area (Å²) in [7, 11) is 0. The van der Waals surface area contributed by atoms with Crippen LogP contribution >= 0.6 is 23.4 Å². The van der Waals surface area contributed by atoms with Crippen LogP contribution in [0.15, 0.2) is 41.8 Å². The maximum absolute atomic E-state index is 10.2. The van der Waals surface area contributed by atoms with E-state index in [2.05, 4.69) is 9.97 Å². The van der Waals surface area contributed by atoms with Crippen molar-refractivity contribution in [2.24, 2.45) is 0 Å². The predicted molar refractivity (Wildman–Crippen MR) is 77.3 cm³/mol. The van der Waals surface area contributed by atoms with Crippen LogP contribution in [-0.2, 0) is 0 Å². The van der Waals surface area contributed by atoms with E-state index in [9.17, 15) is 5.11 Å². The molecule has 0 atom stereocenters. The van der Waals surface area contributed by atoms with Crippen molar-refractivity contribution in [1.82, 2.24) is 14.5 Å². The molecule has 0 radical (unpaired) electrons. The average Bonchev–Trinajstić information content (AvgIpc) is 2.76. The molecule has 6 heteroatoms. The van der Waals surface area contributed by atoms with E-state index in [-0.39, 0.29) is 5.88 Å². The second-order valence-electron chi connectivity index (χ2n) is 3.93. The Morgan fingerprint density at radius 2 is 2.11 bits per heavy atom. The number of benzene rings is 1. The molecule has 0 unspecified atom stereocenters. The summed E-state index contributed by atoms with van der Waals surface area (Å²) in [5.74, 6) is 0.0933. The first-order chi connectivity index (χ1) is 9.20. The number of hydrogen-bond donors (Lipinski definition) is 1. The van der Waals surface area contributed by atoms with Crippen LogP contribution in [0.5, 0.6) is 5.88 Å². The largest absolute Gasteiger partial charge is 0.494 e. The molecule has 0 bridgehead atoms. The maximum atomic E-state index is 10.2. The van der Waals surface area contributed by atoms with Gasteiger partial charge in [-0.25, -0.2) is 9.97 Å². The minimum absolute atomic E-state index is 0.0933. The van der Waals surface area contributed by atoms with Crippen molar-refractivity contribution in [3.63, 3.8) is 0 Å². The molecule has 1 N–H and O–H groups in total. The van der Waals surface area contributed by atoms with Gasteiger partial charge >= 0.3 is 0 Å². The number of hydrogen-bond acceptors (Lipinski definition) is 4. The lowest BCUT2D eigenvalue weighted by Gasteiger charge is -2.06. The van der Waals surface area contributed by atoms with E-state index in [0.29, 0.717) is 26.8 Å². The molecule has 4 nitrogen and oxygen atoms in total. The van der Waals surface area contributed by atoms with Crippen LogP contribution in [0.4, 0.5) is 0 Å². The third-order valence-corrected chi connectivity index (χ3v) is 3.69. The summed E-state index contributed by atoms with van der Waals surface area (Å²) in [6.07, 6.45) is 5.29. The topological polar surface area (TPSA) is 50.9 Å². The Hall–Kier alpha value is -1.72. The normalized spacial score (nSPS) is 11.1. The fraction of sp³-hybridized carbons (Fsp3) is 0.0769. The molecular weight excluding hydrogens is 282 g/mol. The number of thioether (sulfide) groups is 1. The highest BCUT2D eigenvalue weighted by molar-refractivity contribution is 7.98. The van der Waals surface area contributed by atoms with E-state index in [1.807, 2.05) is 24.5 Å². The van der Waals surface area contributed by atoms with Crippen molar-refractivity contribution in [2.45, 2.75) is 5.16 Å². The number of rotatable bonds is 2. The number of nitrogens with zero attached hydrogens (tertiary/aromatic N) is 3. The Labute approximate surface area is 119 Å². The number of aromatic hydroxyl groups is 1. The van der Waals surface area contributed by atoms with Crippen molar-refractivity contribution in [2.75, 3.05) is 6.26 Å². The lowest BCUT2D eigenvalue weighted by Crippen LogP contribution is -1.91. The molecule has 0 saturated heterocycles. The summed E-state index contributed by atoms with van der Waals surface area (Å²) in [5, 5.41) is 12.1. The zero-order valence-electron chi connectivity index (χ0n) is 10.0. The van der Waals surface area contributed by atoms with E-state index < -0.39 is 0 Å².